The summed E-state index contributed by atoms with van der Waals surface area (Å²) in [5.74, 6) is 0.481. The van der Waals surface area contributed by atoms with Gasteiger partial charge in [0, 0.05) is 19.7 Å². The molecule has 0 saturated heterocycles. The van der Waals surface area contributed by atoms with Crippen LogP contribution in [-0.4, -0.2) is 31.4 Å². The molecule has 3 heteroatoms. The van der Waals surface area contributed by atoms with E-state index in [2.05, 4.69) is 19.2 Å². The van der Waals surface area contributed by atoms with E-state index in [1.165, 1.54) is 0 Å². The van der Waals surface area contributed by atoms with E-state index in [-0.39, 0.29) is 6.04 Å². The van der Waals surface area contributed by atoms with Crippen LogP contribution in [0.3, 0.4) is 0 Å². The maximum Gasteiger partial charge on any atom is 0.0917 e. The average molecular weight is 251 g/mol. The van der Waals surface area contributed by atoms with Crippen molar-refractivity contribution in [1.29, 1.82) is 0 Å². The summed E-state index contributed by atoms with van der Waals surface area (Å²) in [6, 6.07) is 8.21. The molecule has 0 saturated carbocycles. The summed E-state index contributed by atoms with van der Waals surface area (Å²) in [5.41, 5.74) is 2.12. The summed E-state index contributed by atoms with van der Waals surface area (Å²) in [4.78, 5) is 0. The van der Waals surface area contributed by atoms with Crippen molar-refractivity contribution in [2.45, 2.75) is 32.9 Å². The average Bonchev–Trinajstić information content (AvgIpc) is 2.34. The third-order valence-electron chi connectivity index (χ3n) is 3.27. The van der Waals surface area contributed by atoms with Crippen molar-refractivity contribution < 1.29 is 9.84 Å². The van der Waals surface area contributed by atoms with Gasteiger partial charge in [0.1, 0.15) is 0 Å². The minimum Gasteiger partial charge on any atom is -0.387 e. The Balaban J connectivity index is 2.54. The molecule has 2 N–H and O–H groups in total. The van der Waals surface area contributed by atoms with Crippen LogP contribution in [0.5, 0.6) is 0 Å². The molecular weight excluding hydrogens is 226 g/mol. The second kappa shape index (κ2) is 7.52. The summed E-state index contributed by atoms with van der Waals surface area (Å²) in [6.07, 6.45) is -0.468. The van der Waals surface area contributed by atoms with Crippen molar-refractivity contribution in [2.75, 3.05) is 20.3 Å². The van der Waals surface area contributed by atoms with Gasteiger partial charge in [0.2, 0.25) is 0 Å². The molecule has 1 rings (SSSR count). The summed E-state index contributed by atoms with van der Waals surface area (Å²) >= 11 is 0. The highest BCUT2D eigenvalue weighted by atomic mass is 16.5. The quantitative estimate of drug-likeness (QED) is 0.781. The lowest BCUT2D eigenvalue weighted by atomic mass is 10.0. The number of hydrogen-bond donors (Lipinski definition) is 2. The Hall–Kier alpha value is -0.900. The normalized spacial score (nSPS) is 14.8. The fraction of sp³-hybridized carbons (Fsp3) is 0.600. The number of aryl methyl sites for hydroxylation is 1. The van der Waals surface area contributed by atoms with E-state index < -0.39 is 6.10 Å². The molecule has 0 bridgehead atoms. The lowest BCUT2D eigenvalue weighted by Gasteiger charge is -2.24. The van der Waals surface area contributed by atoms with E-state index in [0.29, 0.717) is 19.1 Å². The second-order valence-corrected chi connectivity index (χ2v) is 5.09. The Morgan fingerprint density at radius 1 is 1.28 bits per heavy atom. The summed E-state index contributed by atoms with van der Waals surface area (Å²) < 4.78 is 5.18. The minimum absolute atomic E-state index is 0.272. The van der Waals surface area contributed by atoms with Crippen molar-refractivity contribution in [3.8, 4) is 0 Å². The van der Waals surface area contributed by atoms with Crippen LogP contribution >= 0.6 is 0 Å². The zero-order valence-electron chi connectivity index (χ0n) is 11.8. The molecule has 0 spiro atoms. The van der Waals surface area contributed by atoms with Crippen LogP contribution in [0.15, 0.2) is 24.3 Å². The molecule has 1 aromatic rings. The Kier molecular flexibility index (Phi) is 6.33. The molecule has 0 fully saturated rings. The van der Waals surface area contributed by atoms with Gasteiger partial charge >= 0.3 is 0 Å². The van der Waals surface area contributed by atoms with Gasteiger partial charge in [0.25, 0.3) is 0 Å². The standard InChI is InChI=1S/C15H25NO2/c1-11(2)14(10-18-4)16-9-15(17)13-8-6-5-7-12(13)3/h5-8,11,14-17H,9-10H2,1-4H3. The predicted octanol–water partition coefficient (Wildman–Crippen LogP) is 2.29. The molecule has 0 heterocycles. The van der Waals surface area contributed by atoms with Gasteiger partial charge in [-0.15, -0.1) is 0 Å². The third kappa shape index (κ3) is 4.41. The van der Waals surface area contributed by atoms with Crippen LogP contribution in [0.25, 0.3) is 0 Å². The molecule has 0 amide bonds. The highest BCUT2D eigenvalue weighted by Crippen LogP contribution is 2.16. The summed E-state index contributed by atoms with van der Waals surface area (Å²) in [6.45, 7) is 7.54. The molecule has 102 valence electrons. The Bertz CT molecular complexity index is 352. The van der Waals surface area contributed by atoms with Crippen LogP contribution in [0.4, 0.5) is 0 Å². The zero-order chi connectivity index (χ0) is 13.5. The molecule has 1 aromatic carbocycles. The maximum absolute atomic E-state index is 10.2. The Morgan fingerprint density at radius 2 is 1.94 bits per heavy atom. The third-order valence-corrected chi connectivity index (χ3v) is 3.27. The van der Waals surface area contributed by atoms with E-state index in [1.807, 2.05) is 31.2 Å². The molecule has 0 radical (unpaired) electrons. The van der Waals surface area contributed by atoms with Gasteiger partial charge in [-0.1, -0.05) is 38.1 Å². The largest absolute Gasteiger partial charge is 0.387 e. The number of ether oxygens (including phenoxy) is 1. The van der Waals surface area contributed by atoms with E-state index in [4.69, 9.17) is 4.74 Å². The number of nitrogens with one attached hydrogen (secondary N) is 1. The molecule has 2 unspecified atom stereocenters. The molecule has 3 nitrogen and oxygen atoms in total. The minimum atomic E-state index is -0.468. The number of rotatable bonds is 7. The monoisotopic (exact) mass is 251 g/mol. The molecule has 0 aliphatic carbocycles. The number of aliphatic hydroxyl groups excluding tert-OH is 1. The lowest BCUT2D eigenvalue weighted by molar-refractivity contribution is 0.124. The van der Waals surface area contributed by atoms with Gasteiger partial charge < -0.3 is 15.2 Å². The van der Waals surface area contributed by atoms with E-state index in [0.717, 1.165) is 11.1 Å². The summed E-state index contributed by atoms with van der Waals surface area (Å²) in [5, 5.41) is 13.6. The van der Waals surface area contributed by atoms with E-state index in [1.54, 1.807) is 7.11 Å². The fourth-order valence-corrected chi connectivity index (χ4v) is 2.00. The number of benzene rings is 1. The van der Waals surface area contributed by atoms with Gasteiger partial charge in [-0.25, -0.2) is 0 Å². The van der Waals surface area contributed by atoms with Crippen molar-refractivity contribution in [2.24, 2.45) is 5.92 Å². The first-order valence-corrected chi connectivity index (χ1v) is 6.52. The van der Waals surface area contributed by atoms with Gasteiger partial charge in [0.15, 0.2) is 0 Å². The number of hydrogen-bond acceptors (Lipinski definition) is 3. The molecule has 0 aliphatic rings. The van der Waals surface area contributed by atoms with Crippen LogP contribution in [0.2, 0.25) is 0 Å². The molecule has 0 aromatic heterocycles. The molecule has 0 aliphatic heterocycles. The van der Waals surface area contributed by atoms with Crippen LogP contribution < -0.4 is 5.32 Å². The van der Waals surface area contributed by atoms with Gasteiger partial charge in [-0.3, -0.25) is 0 Å². The highest BCUT2D eigenvalue weighted by molar-refractivity contribution is 5.27. The number of aliphatic hydroxyl groups is 1. The first kappa shape index (κ1) is 15.2. The SMILES string of the molecule is COCC(NCC(O)c1ccccc1C)C(C)C. The van der Waals surface area contributed by atoms with Crippen LogP contribution in [0, 0.1) is 12.8 Å². The highest BCUT2D eigenvalue weighted by Gasteiger charge is 2.16. The topological polar surface area (TPSA) is 41.5 Å². The van der Waals surface area contributed by atoms with Crippen molar-refractivity contribution in [3.63, 3.8) is 0 Å². The number of methoxy groups -OCH3 is 1. The Labute approximate surface area is 110 Å². The molecule has 2 atom stereocenters. The molecule has 18 heavy (non-hydrogen) atoms. The lowest BCUT2D eigenvalue weighted by Crippen LogP contribution is -2.40. The van der Waals surface area contributed by atoms with Crippen molar-refractivity contribution in [1.82, 2.24) is 5.32 Å². The maximum atomic E-state index is 10.2. The van der Waals surface area contributed by atoms with Gasteiger partial charge in [-0.2, -0.15) is 0 Å². The van der Waals surface area contributed by atoms with Crippen molar-refractivity contribution >= 4 is 0 Å². The Morgan fingerprint density at radius 3 is 2.50 bits per heavy atom. The zero-order valence-corrected chi connectivity index (χ0v) is 11.8. The van der Waals surface area contributed by atoms with Gasteiger partial charge in [0.05, 0.1) is 12.7 Å². The summed E-state index contributed by atoms with van der Waals surface area (Å²) in [7, 11) is 1.70. The fourth-order valence-electron chi connectivity index (χ4n) is 2.00. The van der Waals surface area contributed by atoms with E-state index in [9.17, 15) is 5.11 Å². The predicted molar refractivity (Wildman–Crippen MR) is 74.6 cm³/mol. The van der Waals surface area contributed by atoms with Crippen LogP contribution in [0.1, 0.15) is 31.1 Å². The smallest absolute Gasteiger partial charge is 0.0917 e. The second-order valence-electron chi connectivity index (χ2n) is 5.09. The molecular formula is C15H25NO2. The van der Waals surface area contributed by atoms with Crippen molar-refractivity contribution in [3.05, 3.63) is 35.4 Å². The first-order chi connectivity index (χ1) is 8.56. The van der Waals surface area contributed by atoms with E-state index >= 15 is 0 Å². The van der Waals surface area contributed by atoms with Gasteiger partial charge in [-0.05, 0) is 24.0 Å². The first-order valence-electron chi connectivity index (χ1n) is 6.52. The van der Waals surface area contributed by atoms with Crippen LogP contribution in [-0.2, 0) is 4.74 Å².